The van der Waals surface area contributed by atoms with Crippen molar-refractivity contribution in [1.29, 1.82) is 0 Å². The highest BCUT2D eigenvalue weighted by Gasteiger charge is 2.33. The van der Waals surface area contributed by atoms with Gasteiger partial charge in [-0.3, -0.25) is 15.1 Å². The Kier molecular flexibility index (Phi) is 6.07. The summed E-state index contributed by atoms with van der Waals surface area (Å²) in [6, 6.07) is 21.2. The van der Waals surface area contributed by atoms with Crippen molar-refractivity contribution in [3.63, 3.8) is 0 Å². The minimum atomic E-state index is -0.385. The molecule has 3 aromatic carbocycles. The van der Waals surface area contributed by atoms with Crippen molar-refractivity contribution in [1.82, 2.24) is 0 Å². The van der Waals surface area contributed by atoms with Gasteiger partial charge < -0.3 is 4.90 Å². The van der Waals surface area contributed by atoms with E-state index in [0.717, 1.165) is 27.5 Å². The Morgan fingerprint density at radius 2 is 1.69 bits per heavy atom. The van der Waals surface area contributed by atoms with Crippen LogP contribution in [0.25, 0.3) is 0 Å². The number of non-ortho nitro benzene ring substituents is 1. The molecule has 0 bridgehead atoms. The van der Waals surface area contributed by atoms with E-state index < -0.39 is 0 Å². The molecule has 5 nitrogen and oxygen atoms in total. The number of aliphatic imine (C=N–C) groups is 1. The van der Waals surface area contributed by atoms with Crippen LogP contribution in [-0.2, 0) is 0 Å². The Hall–Kier alpha value is -3.12. The van der Waals surface area contributed by atoms with Crippen molar-refractivity contribution in [3.05, 3.63) is 88.0 Å². The van der Waals surface area contributed by atoms with Crippen LogP contribution >= 0.6 is 11.8 Å². The number of nitrogens with zero attached hydrogens (tertiary/aromatic N) is 3. The summed E-state index contributed by atoms with van der Waals surface area (Å²) >= 11 is 1.57. The fourth-order valence-electron chi connectivity index (χ4n) is 4.20. The third-order valence-corrected chi connectivity index (χ3v) is 7.16. The number of hydrogen-bond donors (Lipinski definition) is 0. The second kappa shape index (κ2) is 8.79. The standard InChI is InChI=1S/C26H27N3O2S/c1-18-16-26(2,3)28(4)25-14-5-19(15-24(18)25)17-27-20-6-10-22(11-7-20)32-23-12-8-21(9-13-23)29(30)31/h5-15,17-18H,16H2,1-4H3. The van der Waals surface area contributed by atoms with Crippen molar-refractivity contribution >= 4 is 35.0 Å². The number of anilines is 1. The molecule has 1 atom stereocenters. The molecule has 0 saturated carbocycles. The van der Waals surface area contributed by atoms with Crippen LogP contribution in [0.5, 0.6) is 0 Å². The van der Waals surface area contributed by atoms with E-state index in [1.807, 2.05) is 30.5 Å². The van der Waals surface area contributed by atoms with E-state index in [1.165, 1.54) is 23.4 Å². The molecule has 164 valence electrons. The van der Waals surface area contributed by atoms with Gasteiger partial charge in [0, 0.05) is 46.4 Å². The van der Waals surface area contributed by atoms with E-state index in [0.29, 0.717) is 5.92 Å². The van der Waals surface area contributed by atoms with Crippen LogP contribution < -0.4 is 4.90 Å². The molecule has 32 heavy (non-hydrogen) atoms. The number of benzene rings is 3. The van der Waals surface area contributed by atoms with E-state index in [-0.39, 0.29) is 16.1 Å². The number of fused-ring (bicyclic) bond motifs is 1. The molecule has 0 radical (unpaired) electrons. The van der Waals surface area contributed by atoms with E-state index in [2.05, 4.69) is 55.9 Å². The predicted octanol–water partition coefficient (Wildman–Crippen LogP) is 7.22. The van der Waals surface area contributed by atoms with Crippen molar-refractivity contribution in [3.8, 4) is 0 Å². The Morgan fingerprint density at radius 3 is 2.31 bits per heavy atom. The number of rotatable bonds is 5. The maximum Gasteiger partial charge on any atom is 0.269 e. The van der Waals surface area contributed by atoms with Gasteiger partial charge in [-0.1, -0.05) is 24.8 Å². The third kappa shape index (κ3) is 4.70. The zero-order valence-corrected chi connectivity index (χ0v) is 19.6. The van der Waals surface area contributed by atoms with Crippen molar-refractivity contribution in [2.75, 3.05) is 11.9 Å². The van der Waals surface area contributed by atoms with Crippen molar-refractivity contribution < 1.29 is 4.92 Å². The van der Waals surface area contributed by atoms with Gasteiger partial charge in [0.2, 0.25) is 0 Å². The number of nitro groups is 1. The van der Waals surface area contributed by atoms with Gasteiger partial charge in [-0.15, -0.1) is 0 Å². The molecule has 6 heteroatoms. The van der Waals surface area contributed by atoms with Crippen molar-refractivity contribution in [2.45, 2.75) is 48.4 Å². The Morgan fingerprint density at radius 1 is 1.06 bits per heavy atom. The molecule has 1 heterocycles. The lowest BCUT2D eigenvalue weighted by Crippen LogP contribution is -2.45. The smallest absolute Gasteiger partial charge is 0.269 e. The van der Waals surface area contributed by atoms with Crippen LogP contribution in [0.2, 0.25) is 0 Å². The molecular formula is C26H27N3O2S. The lowest BCUT2D eigenvalue weighted by Gasteiger charge is -2.45. The minimum absolute atomic E-state index is 0.103. The molecule has 0 N–H and O–H groups in total. The van der Waals surface area contributed by atoms with Crippen LogP contribution in [0.3, 0.4) is 0 Å². The molecular weight excluding hydrogens is 418 g/mol. The molecule has 3 aromatic rings. The lowest BCUT2D eigenvalue weighted by molar-refractivity contribution is -0.384. The SMILES string of the molecule is CC1CC(C)(C)N(C)c2ccc(C=Nc3ccc(Sc4ccc([N+](=O)[O-])cc4)cc3)cc21. The first-order valence-electron chi connectivity index (χ1n) is 10.7. The zero-order chi connectivity index (χ0) is 22.9. The van der Waals surface area contributed by atoms with Crippen LogP contribution in [0.1, 0.15) is 44.2 Å². The van der Waals surface area contributed by atoms with E-state index in [4.69, 9.17) is 0 Å². The summed E-state index contributed by atoms with van der Waals surface area (Å²) in [5.41, 5.74) is 4.95. The average Bonchev–Trinajstić information content (AvgIpc) is 2.77. The minimum Gasteiger partial charge on any atom is -0.369 e. The molecule has 1 aliphatic heterocycles. The highest BCUT2D eigenvalue weighted by molar-refractivity contribution is 7.99. The van der Waals surface area contributed by atoms with Gasteiger partial charge in [0.05, 0.1) is 10.6 Å². The van der Waals surface area contributed by atoms with E-state index in [1.54, 1.807) is 23.9 Å². The molecule has 0 spiro atoms. The molecule has 4 rings (SSSR count). The van der Waals surface area contributed by atoms with Crippen LogP contribution in [0.4, 0.5) is 17.1 Å². The van der Waals surface area contributed by atoms with Gasteiger partial charge in [0.15, 0.2) is 0 Å². The fourth-order valence-corrected chi connectivity index (χ4v) is 5.01. The van der Waals surface area contributed by atoms with E-state index in [9.17, 15) is 10.1 Å². The molecule has 0 fully saturated rings. The molecule has 0 aliphatic carbocycles. The van der Waals surface area contributed by atoms with Crippen LogP contribution in [-0.4, -0.2) is 23.7 Å². The van der Waals surface area contributed by atoms with Gasteiger partial charge in [-0.25, -0.2) is 0 Å². The summed E-state index contributed by atoms with van der Waals surface area (Å²) in [7, 11) is 2.18. The fraction of sp³-hybridized carbons (Fsp3) is 0.269. The summed E-state index contributed by atoms with van der Waals surface area (Å²) in [4.78, 5) is 19.5. The molecule has 1 aliphatic rings. The Labute approximate surface area is 193 Å². The van der Waals surface area contributed by atoms with E-state index >= 15 is 0 Å². The summed E-state index contributed by atoms with van der Waals surface area (Å²) in [6.07, 6.45) is 3.05. The Balaban J connectivity index is 1.45. The molecule has 0 amide bonds. The first-order valence-corrected chi connectivity index (χ1v) is 11.5. The average molecular weight is 446 g/mol. The molecule has 1 unspecified atom stereocenters. The van der Waals surface area contributed by atoms with Gasteiger partial charge in [0.25, 0.3) is 5.69 Å². The second-order valence-corrected chi connectivity index (χ2v) is 10.0. The Bertz CT molecular complexity index is 1150. The van der Waals surface area contributed by atoms with Crippen molar-refractivity contribution in [2.24, 2.45) is 4.99 Å². The molecule has 0 aromatic heterocycles. The zero-order valence-electron chi connectivity index (χ0n) is 18.8. The first-order chi connectivity index (χ1) is 15.2. The van der Waals surface area contributed by atoms with Gasteiger partial charge in [-0.2, -0.15) is 0 Å². The maximum atomic E-state index is 10.8. The topological polar surface area (TPSA) is 58.7 Å². The quantitative estimate of drug-likeness (QED) is 0.236. The summed E-state index contributed by atoms with van der Waals surface area (Å²) in [5, 5.41) is 10.8. The van der Waals surface area contributed by atoms with Gasteiger partial charge in [0.1, 0.15) is 0 Å². The molecule has 0 saturated heterocycles. The predicted molar refractivity (Wildman–Crippen MR) is 133 cm³/mol. The highest BCUT2D eigenvalue weighted by atomic mass is 32.2. The van der Waals surface area contributed by atoms with Crippen LogP contribution in [0.15, 0.2) is 81.5 Å². The van der Waals surface area contributed by atoms with Crippen LogP contribution in [0, 0.1) is 10.1 Å². The van der Waals surface area contributed by atoms with Gasteiger partial charge in [-0.05, 0) is 85.8 Å². The lowest BCUT2D eigenvalue weighted by atomic mass is 9.80. The second-order valence-electron chi connectivity index (χ2n) is 8.90. The maximum absolute atomic E-state index is 10.8. The van der Waals surface area contributed by atoms with Gasteiger partial charge >= 0.3 is 0 Å². The first kappa shape index (κ1) is 22.1. The summed E-state index contributed by atoms with van der Waals surface area (Å²) in [5.74, 6) is 0.514. The summed E-state index contributed by atoms with van der Waals surface area (Å²) in [6.45, 7) is 6.90. The largest absolute Gasteiger partial charge is 0.369 e. The monoisotopic (exact) mass is 445 g/mol. The number of hydrogen-bond acceptors (Lipinski definition) is 5. The number of nitro benzene ring substituents is 1. The summed E-state index contributed by atoms with van der Waals surface area (Å²) < 4.78 is 0. The highest BCUT2D eigenvalue weighted by Crippen LogP contribution is 2.42. The normalized spacial score (nSPS) is 17.4. The third-order valence-electron chi connectivity index (χ3n) is 6.14.